The van der Waals surface area contributed by atoms with E-state index in [9.17, 15) is 14.4 Å². The number of hydrogen-bond donors (Lipinski definition) is 1. The van der Waals surface area contributed by atoms with E-state index in [1.807, 2.05) is 35.8 Å². The van der Waals surface area contributed by atoms with Gasteiger partial charge in [0.1, 0.15) is 12.2 Å². The smallest absolute Gasteiger partial charge is 0.428 e. The Labute approximate surface area is 152 Å². The molecule has 1 aromatic rings. The number of hydrazone groups is 1. The highest BCUT2D eigenvalue weighted by molar-refractivity contribution is 6.64. The van der Waals surface area contributed by atoms with Crippen LogP contribution in [0.1, 0.15) is 33.3 Å². The number of carbonyl (C=O) groups is 3. The molecule has 1 rings (SSSR count). The van der Waals surface area contributed by atoms with Crippen LogP contribution in [0.5, 0.6) is 0 Å². The Bertz CT molecular complexity index is 649. The summed E-state index contributed by atoms with van der Waals surface area (Å²) in [5.41, 5.74) is 1.59. The minimum Gasteiger partial charge on any atom is -0.461 e. The van der Waals surface area contributed by atoms with Gasteiger partial charge in [0.25, 0.3) is 0 Å². The molecule has 0 radical (unpaired) electrons. The lowest BCUT2D eigenvalue weighted by atomic mass is 10.2. The summed E-state index contributed by atoms with van der Waals surface area (Å²) in [6.07, 6.45) is -0.891. The molecule has 0 aliphatic heterocycles. The molecule has 26 heavy (non-hydrogen) atoms. The Balaban J connectivity index is 2.68. The molecular weight excluding hydrogens is 340 g/mol. The van der Waals surface area contributed by atoms with Crippen molar-refractivity contribution >= 4 is 23.6 Å². The number of nitrogens with zero attached hydrogens (tertiary/aromatic N) is 1. The molecule has 0 aliphatic carbocycles. The van der Waals surface area contributed by atoms with Gasteiger partial charge in [-0.25, -0.2) is 15.0 Å². The molecule has 142 valence electrons. The van der Waals surface area contributed by atoms with Gasteiger partial charge in [0, 0.05) is 0 Å². The third kappa shape index (κ3) is 8.39. The number of ketones is 1. The van der Waals surface area contributed by atoms with Crippen LogP contribution in [-0.2, 0) is 30.4 Å². The number of carbonyl (C=O) groups excluding carboxylic acids is 3. The van der Waals surface area contributed by atoms with E-state index in [1.54, 1.807) is 27.7 Å². The third-order valence-corrected chi connectivity index (χ3v) is 2.74. The first-order chi connectivity index (χ1) is 12.2. The number of ether oxygens (including phenoxy) is 3. The van der Waals surface area contributed by atoms with Gasteiger partial charge >= 0.3 is 12.1 Å². The zero-order valence-corrected chi connectivity index (χ0v) is 15.4. The number of esters is 1. The first-order valence-corrected chi connectivity index (χ1v) is 8.11. The quantitative estimate of drug-likeness (QED) is 0.328. The molecule has 1 amide bonds. The van der Waals surface area contributed by atoms with Gasteiger partial charge in [-0.2, -0.15) is 5.10 Å². The van der Waals surface area contributed by atoms with Crippen LogP contribution < -0.4 is 5.43 Å². The fourth-order valence-corrected chi connectivity index (χ4v) is 1.73. The molecule has 0 fully saturated rings. The molecule has 8 heteroatoms. The summed E-state index contributed by atoms with van der Waals surface area (Å²) >= 11 is 0. The molecule has 0 unspecified atom stereocenters. The molecule has 0 aliphatic rings. The van der Waals surface area contributed by atoms with E-state index in [1.165, 1.54) is 0 Å². The van der Waals surface area contributed by atoms with Gasteiger partial charge < -0.3 is 14.2 Å². The van der Waals surface area contributed by atoms with Crippen molar-refractivity contribution in [1.82, 2.24) is 5.43 Å². The van der Waals surface area contributed by atoms with Gasteiger partial charge in [-0.05, 0) is 33.3 Å². The predicted octanol–water partition coefficient (Wildman–Crippen LogP) is 2.22. The Morgan fingerprint density at radius 2 is 1.77 bits per heavy atom. The second-order valence-corrected chi connectivity index (χ2v) is 6.20. The number of rotatable bonds is 8. The van der Waals surface area contributed by atoms with Gasteiger partial charge in [-0.15, -0.1) is 0 Å². The van der Waals surface area contributed by atoms with E-state index < -0.39 is 29.2 Å². The molecule has 0 spiro atoms. The molecule has 0 heterocycles. The Morgan fingerprint density at radius 3 is 2.35 bits per heavy atom. The summed E-state index contributed by atoms with van der Waals surface area (Å²) in [5.74, 6) is -1.66. The highest BCUT2D eigenvalue weighted by Crippen LogP contribution is 2.06. The second kappa shape index (κ2) is 10.3. The van der Waals surface area contributed by atoms with Crippen molar-refractivity contribution in [2.75, 3.05) is 13.2 Å². The third-order valence-electron chi connectivity index (χ3n) is 2.74. The van der Waals surface area contributed by atoms with Crippen molar-refractivity contribution in [2.45, 2.75) is 39.9 Å². The lowest BCUT2D eigenvalue weighted by molar-refractivity contribution is -0.136. The van der Waals surface area contributed by atoms with Gasteiger partial charge in [-0.3, -0.25) is 4.79 Å². The predicted molar refractivity (Wildman–Crippen MR) is 94.5 cm³/mol. The van der Waals surface area contributed by atoms with Gasteiger partial charge in [0.05, 0.1) is 13.2 Å². The maximum absolute atomic E-state index is 12.2. The first-order valence-electron chi connectivity index (χ1n) is 8.11. The molecule has 8 nitrogen and oxygen atoms in total. The summed E-state index contributed by atoms with van der Waals surface area (Å²) in [6, 6.07) is 9.24. The number of benzene rings is 1. The summed E-state index contributed by atoms with van der Waals surface area (Å²) in [5, 5.41) is 3.54. The van der Waals surface area contributed by atoms with Crippen molar-refractivity contribution in [2.24, 2.45) is 5.10 Å². The first kappa shape index (κ1) is 21.3. The van der Waals surface area contributed by atoms with E-state index in [2.05, 4.69) is 5.10 Å². The molecule has 0 saturated carbocycles. The minimum atomic E-state index is -0.947. The average molecular weight is 364 g/mol. The Kier molecular flexibility index (Phi) is 8.44. The number of Topliss-reactive ketones (excluding diaryl/α,β-unsaturated/α-hetero) is 1. The topological polar surface area (TPSA) is 103 Å². The van der Waals surface area contributed by atoms with Crippen molar-refractivity contribution in [3.63, 3.8) is 0 Å². The summed E-state index contributed by atoms with van der Waals surface area (Å²) in [4.78, 5) is 35.7. The zero-order chi connectivity index (χ0) is 19.6. The van der Waals surface area contributed by atoms with Gasteiger partial charge in [0.15, 0.2) is 0 Å². The molecule has 0 aromatic heterocycles. The number of nitrogens with one attached hydrogen (secondary N) is 1. The summed E-state index contributed by atoms with van der Waals surface area (Å²) < 4.78 is 15.1. The van der Waals surface area contributed by atoms with Crippen LogP contribution >= 0.6 is 0 Å². The van der Waals surface area contributed by atoms with E-state index in [0.717, 1.165) is 5.56 Å². The molecule has 0 atom stereocenters. The summed E-state index contributed by atoms with van der Waals surface area (Å²) in [7, 11) is 0. The lowest BCUT2D eigenvalue weighted by Crippen LogP contribution is -2.35. The van der Waals surface area contributed by atoms with Crippen molar-refractivity contribution < 1.29 is 28.6 Å². The largest absolute Gasteiger partial charge is 0.461 e. The van der Waals surface area contributed by atoms with Crippen LogP contribution in [0.4, 0.5) is 4.79 Å². The Hall–Kier alpha value is -2.74. The van der Waals surface area contributed by atoms with Crippen molar-refractivity contribution in [3.8, 4) is 0 Å². The minimum absolute atomic E-state index is 0.0580. The van der Waals surface area contributed by atoms with Crippen LogP contribution in [0.15, 0.2) is 35.4 Å². The Morgan fingerprint density at radius 1 is 1.12 bits per heavy atom. The van der Waals surface area contributed by atoms with Crippen LogP contribution in [-0.4, -0.2) is 42.4 Å². The lowest BCUT2D eigenvalue weighted by Gasteiger charge is -2.18. The monoisotopic (exact) mass is 364 g/mol. The van der Waals surface area contributed by atoms with Crippen LogP contribution in [0, 0.1) is 0 Å². The van der Waals surface area contributed by atoms with E-state index >= 15 is 0 Å². The van der Waals surface area contributed by atoms with E-state index in [-0.39, 0.29) is 19.8 Å². The number of amides is 1. The molecule has 1 N–H and O–H groups in total. The second-order valence-electron chi connectivity index (χ2n) is 6.20. The summed E-state index contributed by atoms with van der Waals surface area (Å²) in [6.45, 7) is 6.47. The van der Waals surface area contributed by atoms with Gasteiger partial charge in [-0.1, -0.05) is 30.3 Å². The number of hydrogen-bond acceptors (Lipinski definition) is 7. The highest BCUT2D eigenvalue weighted by Gasteiger charge is 2.23. The fraction of sp³-hybridized carbons (Fsp3) is 0.444. The zero-order valence-electron chi connectivity index (χ0n) is 15.4. The van der Waals surface area contributed by atoms with Crippen LogP contribution in [0.3, 0.4) is 0 Å². The van der Waals surface area contributed by atoms with Crippen molar-refractivity contribution in [3.05, 3.63) is 35.9 Å². The highest BCUT2D eigenvalue weighted by atomic mass is 16.6. The fourth-order valence-electron chi connectivity index (χ4n) is 1.73. The SMILES string of the molecule is CCOC(=O)/C(=N\NC(=O)OC(C)(C)C)C(=O)COCc1ccccc1. The molecule has 1 aromatic carbocycles. The maximum Gasteiger partial charge on any atom is 0.428 e. The molecule has 0 bridgehead atoms. The van der Waals surface area contributed by atoms with Crippen LogP contribution in [0.2, 0.25) is 0 Å². The molecule has 0 saturated heterocycles. The van der Waals surface area contributed by atoms with Crippen LogP contribution in [0.25, 0.3) is 0 Å². The normalized spacial score (nSPS) is 11.6. The molecular formula is C18H24N2O6. The van der Waals surface area contributed by atoms with E-state index in [0.29, 0.717) is 0 Å². The van der Waals surface area contributed by atoms with Crippen molar-refractivity contribution in [1.29, 1.82) is 0 Å². The van der Waals surface area contributed by atoms with Gasteiger partial charge in [0.2, 0.25) is 11.5 Å². The standard InChI is InChI=1S/C18H24N2O6/c1-5-25-16(22)15(19-20-17(23)26-18(2,3)4)14(21)12-24-11-13-9-7-6-8-10-13/h6-10H,5,11-12H2,1-4H3,(H,20,23)/b19-15-. The average Bonchev–Trinajstić information content (AvgIpc) is 2.54. The van der Waals surface area contributed by atoms with E-state index in [4.69, 9.17) is 14.2 Å². The maximum atomic E-state index is 12.2.